The molecule has 0 aromatic carbocycles. The van der Waals surface area contributed by atoms with Crippen LogP contribution in [0.25, 0.3) is 0 Å². The number of hydrogen-bond acceptors (Lipinski definition) is 3. The Morgan fingerprint density at radius 3 is 2.59 bits per heavy atom. The minimum Gasteiger partial charge on any atom is -0.384 e. The predicted octanol–water partition coefficient (Wildman–Crippen LogP) is 1.86. The molecule has 1 aliphatic carbocycles. The molecule has 0 amide bonds. The lowest BCUT2D eigenvalue weighted by Crippen LogP contribution is -2.54. The lowest BCUT2D eigenvalue weighted by Gasteiger charge is -2.45. The smallest absolute Gasteiger partial charge is 0.0503 e. The maximum atomic E-state index is 6.11. The first-order valence-corrected chi connectivity index (χ1v) is 7.14. The van der Waals surface area contributed by atoms with Gasteiger partial charge in [-0.15, -0.1) is 0 Å². The van der Waals surface area contributed by atoms with E-state index in [2.05, 4.69) is 11.8 Å². The molecule has 2 rings (SSSR count). The van der Waals surface area contributed by atoms with Gasteiger partial charge >= 0.3 is 0 Å². The third-order valence-corrected chi connectivity index (χ3v) is 4.94. The largest absolute Gasteiger partial charge is 0.384 e. The van der Waals surface area contributed by atoms with Gasteiger partial charge in [0.05, 0.1) is 6.61 Å². The average Bonchev–Trinajstić information content (AvgIpc) is 2.80. The van der Waals surface area contributed by atoms with E-state index in [1.54, 1.807) is 0 Å². The zero-order chi connectivity index (χ0) is 12.3. The van der Waals surface area contributed by atoms with Crippen LogP contribution in [0.15, 0.2) is 0 Å². The maximum Gasteiger partial charge on any atom is 0.0503 e. The summed E-state index contributed by atoms with van der Waals surface area (Å²) in [6, 6.07) is 0. The first-order chi connectivity index (χ1) is 8.20. The highest BCUT2D eigenvalue weighted by molar-refractivity contribution is 4.98. The van der Waals surface area contributed by atoms with E-state index in [0.29, 0.717) is 5.54 Å². The lowest BCUT2D eigenvalue weighted by atomic mass is 9.76. The highest BCUT2D eigenvalue weighted by Gasteiger charge is 2.41. The van der Waals surface area contributed by atoms with Crippen molar-refractivity contribution in [2.75, 3.05) is 33.4 Å². The maximum absolute atomic E-state index is 6.11. The van der Waals surface area contributed by atoms with Gasteiger partial charge in [-0.05, 0) is 50.5 Å². The summed E-state index contributed by atoms with van der Waals surface area (Å²) in [4.78, 5) is 2.67. The second-order valence-corrected chi connectivity index (χ2v) is 6.17. The van der Waals surface area contributed by atoms with Crippen LogP contribution in [-0.4, -0.2) is 43.8 Å². The van der Waals surface area contributed by atoms with Crippen molar-refractivity contribution < 1.29 is 4.74 Å². The van der Waals surface area contributed by atoms with E-state index >= 15 is 0 Å². The molecule has 0 bridgehead atoms. The molecule has 0 aromatic heterocycles. The van der Waals surface area contributed by atoms with Crippen molar-refractivity contribution in [3.63, 3.8) is 0 Å². The molecule has 17 heavy (non-hydrogen) atoms. The highest BCUT2D eigenvalue weighted by Crippen LogP contribution is 2.38. The molecular formula is C14H28N2O. The lowest BCUT2D eigenvalue weighted by molar-refractivity contribution is 0.0571. The monoisotopic (exact) mass is 240 g/mol. The Morgan fingerprint density at radius 2 is 2.00 bits per heavy atom. The Balaban J connectivity index is 1.95. The third-order valence-electron chi connectivity index (χ3n) is 4.94. The number of nitrogens with two attached hydrogens (primary N) is 1. The summed E-state index contributed by atoms with van der Waals surface area (Å²) in [6.07, 6.45) is 6.57. The summed E-state index contributed by atoms with van der Waals surface area (Å²) in [5.41, 5.74) is 6.42. The van der Waals surface area contributed by atoms with Crippen LogP contribution < -0.4 is 5.73 Å². The third kappa shape index (κ3) is 2.83. The number of likely N-dealkylation sites (tertiary alicyclic amines) is 1. The van der Waals surface area contributed by atoms with Gasteiger partial charge in [-0.2, -0.15) is 0 Å². The van der Waals surface area contributed by atoms with Gasteiger partial charge in [0, 0.05) is 25.7 Å². The molecule has 2 aliphatic rings. The Labute approximate surface area is 106 Å². The molecule has 100 valence electrons. The molecule has 2 fully saturated rings. The first kappa shape index (κ1) is 13.3. The van der Waals surface area contributed by atoms with Crippen LogP contribution in [0.4, 0.5) is 0 Å². The molecule has 2 N–H and O–H groups in total. The SMILES string of the molecule is COCC1CCN(C2(CN)CCC(C)CC2)C1. The number of hydrogen-bond donors (Lipinski definition) is 1. The van der Waals surface area contributed by atoms with Gasteiger partial charge < -0.3 is 10.5 Å². The van der Waals surface area contributed by atoms with E-state index in [1.807, 2.05) is 7.11 Å². The molecule has 1 atom stereocenters. The van der Waals surface area contributed by atoms with Crippen LogP contribution in [0, 0.1) is 11.8 Å². The van der Waals surface area contributed by atoms with Crippen LogP contribution in [0.5, 0.6) is 0 Å². The topological polar surface area (TPSA) is 38.5 Å². The minimum atomic E-state index is 0.314. The fourth-order valence-electron chi connectivity index (χ4n) is 3.58. The van der Waals surface area contributed by atoms with Gasteiger partial charge in [0.25, 0.3) is 0 Å². The Hall–Kier alpha value is -0.120. The second kappa shape index (κ2) is 5.68. The van der Waals surface area contributed by atoms with Crippen molar-refractivity contribution in [2.24, 2.45) is 17.6 Å². The summed E-state index contributed by atoms with van der Waals surface area (Å²) in [6.45, 7) is 6.53. The minimum absolute atomic E-state index is 0.314. The molecule has 1 aliphatic heterocycles. The Kier molecular flexibility index (Phi) is 4.45. The number of methoxy groups -OCH3 is 1. The van der Waals surface area contributed by atoms with E-state index in [0.717, 1.165) is 25.0 Å². The first-order valence-electron chi connectivity index (χ1n) is 7.14. The van der Waals surface area contributed by atoms with Gasteiger partial charge in [0.2, 0.25) is 0 Å². The van der Waals surface area contributed by atoms with Crippen molar-refractivity contribution in [3.05, 3.63) is 0 Å². The fourth-order valence-corrected chi connectivity index (χ4v) is 3.58. The summed E-state index contributed by atoms with van der Waals surface area (Å²) >= 11 is 0. The standard InChI is InChI=1S/C14H28N2O/c1-12-3-6-14(11-15,7-4-12)16-8-5-13(9-16)10-17-2/h12-13H,3-11,15H2,1-2H3. The van der Waals surface area contributed by atoms with Crippen molar-refractivity contribution >= 4 is 0 Å². The van der Waals surface area contributed by atoms with E-state index in [9.17, 15) is 0 Å². The molecule has 0 aromatic rings. The van der Waals surface area contributed by atoms with Crippen LogP contribution in [0.3, 0.4) is 0 Å². The summed E-state index contributed by atoms with van der Waals surface area (Å²) < 4.78 is 5.29. The molecule has 0 spiro atoms. The summed E-state index contributed by atoms with van der Waals surface area (Å²) in [5, 5.41) is 0. The van der Waals surface area contributed by atoms with E-state index < -0.39 is 0 Å². The molecule has 3 nitrogen and oxygen atoms in total. The molecule has 1 heterocycles. The van der Waals surface area contributed by atoms with E-state index in [-0.39, 0.29) is 0 Å². The zero-order valence-electron chi connectivity index (χ0n) is 11.5. The average molecular weight is 240 g/mol. The van der Waals surface area contributed by atoms with Crippen molar-refractivity contribution in [1.82, 2.24) is 4.90 Å². The van der Waals surface area contributed by atoms with Gasteiger partial charge in [-0.25, -0.2) is 0 Å². The van der Waals surface area contributed by atoms with Crippen LogP contribution in [-0.2, 0) is 4.74 Å². The second-order valence-electron chi connectivity index (χ2n) is 6.17. The normalized spacial score (nSPS) is 39.7. The van der Waals surface area contributed by atoms with Gasteiger partial charge in [-0.1, -0.05) is 6.92 Å². The van der Waals surface area contributed by atoms with E-state index in [1.165, 1.54) is 45.2 Å². The van der Waals surface area contributed by atoms with E-state index in [4.69, 9.17) is 10.5 Å². The van der Waals surface area contributed by atoms with Crippen molar-refractivity contribution in [2.45, 2.75) is 44.6 Å². The van der Waals surface area contributed by atoms with Gasteiger partial charge in [0.1, 0.15) is 0 Å². The Morgan fingerprint density at radius 1 is 1.29 bits per heavy atom. The quantitative estimate of drug-likeness (QED) is 0.815. The van der Waals surface area contributed by atoms with Crippen LogP contribution in [0.1, 0.15) is 39.0 Å². The van der Waals surface area contributed by atoms with Crippen LogP contribution >= 0.6 is 0 Å². The van der Waals surface area contributed by atoms with Crippen molar-refractivity contribution in [1.29, 1.82) is 0 Å². The number of ether oxygens (including phenoxy) is 1. The molecule has 1 saturated carbocycles. The Bertz CT molecular complexity index is 236. The predicted molar refractivity (Wildman–Crippen MR) is 71.0 cm³/mol. The van der Waals surface area contributed by atoms with Crippen LogP contribution in [0.2, 0.25) is 0 Å². The summed E-state index contributed by atoms with van der Waals surface area (Å²) in [5.74, 6) is 1.62. The molecule has 3 heteroatoms. The molecule has 1 unspecified atom stereocenters. The van der Waals surface area contributed by atoms with Gasteiger partial charge in [-0.3, -0.25) is 4.90 Å². The van der Waals surface area contributed by atoms with Gasteiger partial charge in [0.15, 0.2) is 0 Å². The molecule has 0 radical (unpaired) electrons. The summed E-state index contributed by atoms with van der Waals surface area (Å²) in [7, 11) is 1.81. The number of nitrogens with zero attached hydrogens (tertiary/aromatic N) is 1. The molecular weight excluding hydrogens is 212 g/mol. The highest BCUT2D eigenvalue weighted by atomic mass is 16.5. The zero-order valence-corrected chi connectivity index (χ0v) is 11.5. The fraction of sp³-hybridized carbons (Fsp3) is 1.00. The van der Waals surface area contributed by atoms with Crippen molar-refractivity contribution in [3.8, 4) is 0 Å². The number of rotatable bonds is 4. The molecule has 1 saturated heterocycles.